The van der Waals surface area contributed by atoms with Gasteiger partial charge in [-0.2, -0.15) is 25.3 Å². The fourth-order valence-electron chi connectivity index (χ4n) is 2.76. The van der Waals surface area contributed by atoms with Crippen LogP contribution in [0.1, 0.15) is 44.9 Å². The molecule has 0 unspecified atom stereocenters. The second-order valence-corrected chi connectivity index (χ2v) is 7.41. The highest BCUT2D eigenvalue weighted by Crippen LogP contribution is 2.36. The molecule has 0 aliphatic heterocycles. The van der Waals surface area contributed by atoms with E-state index in [1.165, 1.54) is 19.3 Å². The number of carbonyl (C=O) groups is 1. The Hall–Kier alpha value is 0.130. The Morgan fingerprint density at radius 1 is 1.20 bits per heavy atom. The van der Waals surface area contributed by atoms with E-state index in [9.17, 15) is 4.79 Å². The van der Waals surface area contributed by atoms with Gasteiger partial charge in [0.05, 0.1) is 0 Å². The number of hydrogen-bond donors (Lipinski definition) is 3. The monoisotopic (exact) mass is 318 g/mol. The highest BCUT2D eigenvalue weighted by molar-refractivity contribution is 7.85. The number of unbranched alkanes of at least 4 members (excludes halogenated alkanes) is 1. The Labute approximate surface area is 135 Å². The summed E-state index contributed by atoms with van der Waals surface area (Å²) >= 11 is 9.18. The van der Waals surface area contributed by atoms with E-state index in [1.54, 1.807) is 0 Å². The number of hydrogen-bond acceptors (Lipinski definition) is 4. The fourth-order valence-corrected chi connectivity index (χ4v) is 3.60. The summed E-state index contributed by atoms with van der Waals surface area (Å²) in [6.45, 7) is 1.82. The molecular weight excluding hydrogens is 288 g/mol. The second kappa shape index (κ2) is 9.96. The maximum Gasteiger partial charge on any atom is 0.219 e. The van der Waals surface area contributed by atoms with Crippen LogP contribution in [-0.4, -0.2) is 48.5 Å². The van der Waals surface area contributed by atoms with Crippen molar-refractivity contribution < 1.29 is 4.79 Å². The first-order chi connectivity index (χ1) is 9.50. The van der Waals surface area contributed by atoms with Crippen LogP contribution in [0.2, 0.25) is 0 Å². The van der Waals surface area contributed by atoms with Gasteiger partial charge >= 0.3 is 0 Å². The van der Waals surface area contributed by atoms with Gasteiger partial charge in [0.15, 0.2) is 0 Å². The molecule has 20 heavy (non-hydrogen) atoms. The molecule has 1 N–H and O–H groups in total. The normalized spacial score (nSPS) is 26.1. The molecule has 0 aromatic rings. The molecule has 118 valence electrons. The van der Waals surface area contributed by atoms with E-state index in [1.807, 2.05) is 0 Å². The number of nitrogens with zero attached hydrogens (tertiary/aromatic N) is 1. The first-order valence-electron chi connectivity index (χ1n) is 7.78. The maximum absolute atomic E-state index is 11.6. The van der Waals surface area contributed by atoms with E-state index in [0.717, 1.165) is 32.4 Å². The lowest BCUT2D eigenvalue weighted by Gasteiger charge is -2.16. The Bertz CT molecular complexity index is 287. The smallest absolute Gasteiger partial charge is 0.219 e. The molecule has 1 rings (SSSR count). The van der Waals surface area contributed by atoms with Crippen LogP contribution in [0.5, 0.6) is 0 Å². The molecule has 1 amide bonds. The number of thiol groups is 2. The molecule has 0 aromatic carbocycles. The summed E-state index contributed by atoms with van der Waals surface area (Å²) in [7, 11) is 4.10. The van der Waals surface area contributed by atoms with E-state index in [-0.39, 0.29) is 5.91 Å². The van der Waals surface area contributed by atoms with Crippen molar-refractivity contribution in [3.05, 3.63) is 0 Å². The summed E-state index contributed by atoms with van der Waals surface area (Å²) in [6, 6.07) is 0. The van der Waals surface area contributed by atoms with Crippen LogP contribution < -0.4 is 5.32 Å². The van der Waals surface area contributed by atoms with Gasteiger partial charge in [-0.05, 0) is 58.7 Å². The topological polar surface area (TPSA) is 32.3 Å². The van der Waals surface area contributed by atoms with Gasteiger partial charge in [-0.3, -0.25) is 4.79 Å². The first kappa shape index (κ1) is 18.2. The number of nitrogens with one attached hydrogen (secondary N) is 1. The van der Waals surface area contributed by atoms with E-state index >= 15 is 0 Å². The third kappa shape index (κ3) is 7.23. The van der Waals surface area contributed by atoms with Crippen LogP contribution in [0.3, 0.4) is 0 Å². The van der Waals surface area contributed by atoms with Crippen molar-refractivity contribution in [3.63, 3.8) is 0 Å². The lowest BCUT2D eigenvalue weighted by molar-refractivity contribution is -0.121. The van der Waals surface area contributed by atoms with Gasteiger partial charge < -0.3 is 10.2 Å². The maximum atomic E-state index is 11.6. The van der Waals surface area contributed by atoms with Crippen molar-refractivity contribution in [2.75, 3.05) is 27.2 Å². The summed E-state index contributed by atoms with van der Waals surface area (Å²) < 4.78 is 0. The molecule has 0 aromatic heterocycles. The molecule has 1 fully saturated rings. The van der Waals surface area contributed by atoms with E-state index in [4.69, 9.17) is 0 Å². The molecule has 3 atom stereocenters. The SMILES string of the molecule is CN(C)CCCNC(=O)CCCC[C@@H]1CC[C@@H](S)[C@@H]1S. The lowest BCUT2D eigenvalue weighted by Crippen LogP contribution is -2.26. The summed E-state index contributed by atoms with van der Waals surface area (Å²) in [5.74, 6) is 0.897. The third-order valence-corrected chi connectivity index (χ3v) is 5.64. The van der Waals surface area contributed by atoms with Crippen molar-refractivity contribution in [3.8, 4) is 0 Å². The van der Waals surface area contributed by atoms with Crippen molar-refractivity contribution in [2.24, 2.45) is 5.92 Å². The molecule has 0 heterocycles. The average Bonchev–Trinajstić information content (AvgIpc) is 2.71. The summed E-state index contributed by atoms with van der Waals surface area (Å²) in [4.78, 5) is 13.8. The fraction of sp³-hybridized carbons (Fsp3) is 0.933. The van der Waals surface area contributed by atoms with Crippen LogP contribution in [0.4, 0.5) is 0 Å². The van der Waals surface area contributed by atoms with E-state index in [0.29, 0.717) is 22.8 Å². The van der Waals surface area contributed by atoms with Crippen LogP contribution in [0.15, 0.2) is 0 Å². The van der Waals surface area contributed by atoms with Gasteiger partial charge in [0, 0.05) is 23.5 Å². The van der Waals surface area contributed by atoms with Gasteiger partial charge in [-0.1, -0.05) is 6.42 Å². The number of rotatable bonds is 9. The molecule has 0 spiro atoms. The Morgan fingerprint density at radius 3 is 2.55 bits per heavy atom. The van der Waals surface area contributed by atoms with Crippen LogP contribution in [0.25, 0.3) is 0 Å². The van der Waals surface area contributed by atoms with Gasteiger partial charge in [-0.25, -0.2) is 0 Å². The van der Waals surface area contributed by atoms with Gasteiger partial charge in [0.1, 0.15) is 0 Å². The zero-order chi connectivity index (χ0) is 15.0. The minimum atomic E-state index is 0.199. The average molecular weight is 319 g/mol. The Kier molecular flexibility index (Phi) is 9.05. The molecule has 5 heteroatoms. The molecule has 1 aliphatic rings. The molecule has 1 aliphatic carbocycles. The molecule has 3 nitrogen and oxygen atoms in total. The van der Waals surface area contributed by atoms with E-state index in [2.05, 4.69) is 49.6 Å². The van der Waals surface area contributed by atoms with Crippen molar-refractivity contribution >= 4 is 31.2 Å². The number of carbonyl (C=O) groups excluding carboxylic acids is 1. The van der Waals surface area contributed by atoms with Crippen molar-refractivity contribution in [1.29, 1.82) is 0 Å². The van der Waals surface area contributed by atoms with Gasteiger partial charge in [0.2, 0.25) is 5.91 Å². The van der Waals surface area contributed by atoms with E-state index < -0.39 is 0 Å². The summed E-state index contributed by atoms with van der Waals surface area (Å²) in [5, 5.41) is 3.89. The predicted octanol–water partition coefficient (Wildman–Crippen LogP) is 2.62. The highest BCUT2D eigenvalue weighted by Gasteiger charge is 2.30. The minimum absolute atomic E-state index is 0.199. The number of amides is 1. The molecular formula is C15H30N2OS2. The van der Waals surface area contributed by atoms with Crippen molar-refractivity contribution in [1.82, 2.24) is 10.2 Å². The second-order valence-electron chi connectivity index (χ2n) is 6.15. The van der Waals surface area contributed by atoms with Gasteiger partial charge in [0.25, 0.3) is 0 Å². The highest BCUT2D eigenvalue weighted by atomic mass is 32.1. The zero-order valence-electron chi connectivity index (χ0n) is 12.8. The van der Waals surface area contributed by atoms with Crippen LogP contribution >= 0.6 is 25.3 Å². The molecule has 0 saturated heterocycles. The lowest BCUT2D eigenvalue weighted by atomic mass is 9.99. The van der Waals surface area contributed by atoms with Gasteiger partial charge in [-0.15, -0.1) is 0 Å². The van der Waals surface area contributed by atoms with Crippen LogP contribution in [0, 0.1) is 5.92 Å². The van der Waals surface area contributed by atoms with Crippen LogP contribution in [-0.2, 0) is 4.79 Å². The molecule has 0 bridgehead atoms. The largest absolute Gasteiger partial charge is 0.356 e. The summed E-state index contributed by atoms with van der Waals surface area (Å²) in [5.41, 5.74) is 0. The zero-order valence-corrected chi connectivity index (χ0v) is 14.6. The minimum Gasteiger partial charge on any atom is -0.356 e. The Morgan fingerprint density at radius 2 is 1.95 bits per heavy atom. The quantitative estimate of drug-likeness (QED) is 0.451. The Balaban J connectivity index is 1.97. The van der Waals surface area contributed by atoms with Crippen molar-refractivity contribution in [2.45, 2.75) is 55.4 Å². The first-order valence-corrected chi connectivity index (χ1v) is 8.81. The molecule has 0 radical (unpaired) electrons. The predicted molar refractivity (Wildman–Crippen MR) is 92.9 cm³/mol. The summed E-state index contributed by atoms with van der Waals surface area (Å²) in [6.07, 6.45) is 7.44. The third-order valence-electron chi connectivity index (χ3n) is 4.04. The molecule has 1 saturated carbocycles. The standard InChI is InChI=1S/C15H30N2OS2/c1-17(2)11-5-10-16-14(18)7-4-3-6-12-8-9-13(19)15(12)20/h12-13,15,19-20H,3-11H2,1-2H3,(H,16,18)/t12-,13-,15-/m1/s1.